The van der Waals surface area contributed by atoms with Crippen LogP contribution in [0.5, 0.6) is 0 Å². The van der Waals surface area contributed by atoms with Crippen LogP contribution in [0.3, 0.4) is 0 Å². The second kappa shape index (κ2) is 4.59. The van der Waals surface area contributed by atoms with Crippen LogP contribution < -0.4 is 5.73 Å². The van der Waals surface area contributed by atoms with E-state index in [9.17, 15) is 0 Å². The Morgan fingerprint density at radius 2 is 2.17 bits per heavy atom. The molecule has 0 aliphatic carbocycles. The molecule has 7 heteroatoms. The van der Waals surface area contributed by atoms with E-state index in [0.717, 1.165) is 16.0 Å². The minimum atomic E-state index is 0.283. The van der Waals surface area contributed by atoms with Crippen LogP contribution in [0.2, 0.25) is 8.67 Å². The van der Waals surface area contributed by atoms with Crippen molar-refractivity contribution < 1.29 is 4.52 Å². The monoisotopic (exact) mass is 316 g/mol. The Morgan fingerprint density at radius 1 is 1.33 bits per heavy atom. The average Bonchev–Trinajstić information content (AvgIpc) is 2.99. The van der Waals surface area contributed by atoms with Crippen molar-refractivity contribution in [3.8, 4) is 21.7 Å². The third-order valence-corrected chi connectivity index (χ3v) is 4.77. The van der Waals surface area contributed by atoms with Crippen LogP contribution in [0.4, 0.5) is 5.88 Å². The maximum absolute atomic E-state index is 6.14. The summed E-state index contributed by atoms with van der Waals surface area (Å²) >= 11 is 14.9. The van der Waals surface area contributed by atoms with E-state index in [-0.39, 0.29) is 5.88 Å². The van der Waals surface area contributed by atoms with Crippen molar-refractivity contribution in [3.63, 3.8) is 0 Å². The molecule has 3 nitrogen and oxygen atoms in total. The molecule has 0 aliphatic rings. The lowest BCUT2D eigenvalue weighted by Gasteiger charge is -1.97. The van der Waals surface area contributed by atoms with Gasteiger partial charge >= 0.3 is 0 Å². The van der Waals surface area contributed by atoms with E-state index in [0.29, 0.717) is 14.4 Å². The van der Waals surface area contributed by atoms with E-state index in [1.165, 1.54) is 11.3 Å². The molecule has 92 valence electrons. The number of hydrogen-bond acceptors (Lipinski definition) is 5. The standard InChI is InChI=1S/C11H6Cl2N2OS2/c12-7-4-5(10(13)18-7)9-8(11(14)16-15-9)6-2-1-3-17-6/h1-4H,14H2. The second-order valence-corrected chi connectivity index (χ2v) is 6.72. The second-order valence-electron chi connectivity index (χ2n) is 3.49. The first-order chi connectivity index (χ1) is 8.66. The van der Waals surface area contributed by atoms with Crippen LogP contribution in [-0.4, -0.2) is 5.16 Å². The van der Waals surface area contributed by atoms with E-state index in [1.807, 2.05) is 17.5 Å². The highest BCUT2D eigenvalue weighted by Gasteiger charge is 2.21. The van der Waals surface area contributed by atoms with E-state index in [1.54, 1.807) is 17.4 Å². The molecule has 0 saturated heterocycles. The SMILES string of the molecule is Nc1onc(-c2cc(Cl)sc2Cl)c1-c1cccs1. The van der Waals surface area contributed by atoms with Gasteiger partial charge in [-0.2, -0.15) is 0 Å². The van der Waals surface area contributed by atoms with Crippen LogP contribution in [0.25, 0.3) is 21.7 Å². The summed E-state index contributed by atoms with van der Waals surface area (Å²) in [7, 11) is 0. The molecule has 0 unspecified atom stereocenters. The molecule has 0 aliphatic heterocycles. The molecule has 3 rings (SSSR count). The fourth-order valence-corrected chi connectivity index (χ4v) is 3.89. The smallest absolute Gasteiger partial charge is 0.231 e. The molecule has 0 bridgehead atoms. The van der Waals surface area contributed by atoms with Crippen molar-refractivity contribution in [2.75, 3.05) is 5.73 Å². The Labute approximate surface area is 121 Å². The molecule has 0 aromatic carbocycles. The Balaban J connectivity index is 2.23. The molecule has 3 heterocycles. The summed E-state index contributed by atoms with van der Waals surface area (Å²) in [4.78, 5) is 0.988. The van der Waals surface area contributed by atoms with E-state index in [4.69, 9.17) is 33.5 Å². The average molecular weight is 317 g/mol. The molecule has 0 saturated carbocycles. The Bertz CT molecular complexity index is 688. The van der Waals surface area contributed by atoms with Gasteiger partial charge in [-0.15, -0.1) is 22.7 Å². The third-order valence-electron chi connectivity index (χ3n) is 2.40. The van der Waals surface area contributed by atoms with E-state index in [2.05, 4.69) is 5.16 Å². The number of nitrogens with two attached hydrogens (primary N) is 1. The van der Waals surface area contributed by atoms with Gasteiger partial charge in [0.25, 0.3) is 0 Å². The minimum absolute atomic E-state index is 0.283. The molecule has 0 atom stereocenters. The number of anilines is 1. The number of hydrogen-bond donors (Lipinski definition) is 1. The van der Waals surface area contributed by atoms with Crippen molar-refractivity contribution in [1.29, 1.82) is 0 Å². The minimum Gasteiger partial charge on any atom is -0.367 e. The normalized spacial score (nSPS) is 11.0. The summed E-state index contributed by atoms with van der Waals surface area (Å²) in [6.07, 6.45) is 0. The number of aromatic nitrogens is 1. The fraction of sp³-hybridized carbons (Fsp3) is 0. The zero-order valence-corrected chi connectivity index (χ0v) is 12.0. The lowest BCUT2D eigenvalue weighted by atomic mass is 10.1. The van der Waals surface area contributed by atoms with Crippen molar-refractivity contribution in [3.05, 3.63) is 32.3 Å². The van der Waals surface area contributed by atoms with Crippen LogP contribution >= 0.6 is 45.9 Å². The molecule has 0 amide bonds. The first-order valence-electron chi connectivity index (χ1n) is 4.91. The van der Waals surface area contributed by atoms with Crippen LogP contribution in [0.1, 0.15) is 0 Å². The van der Waals surface area contributed by atoms with Gasteiger partial charge in [0.1, 0.15) is 10.0 Å². The van der Waals surface area contributed by atoms with Gasteiger partial charge in [0.2, 0.25) is 5.88 Å². The molecular formula is C11H6Cl2N2OS2. The van der Waals surface area contributed by atoms with Crippen LogP contribution in [0.15, 0.2) is 28.1 Å². The Morgan fingerprint density at radius 3 is 2.78 bits per heavy atom. The number of nitrogen functional groups attached to an aromatic ring is 1. The van der Waals surface area contributed by atoms with Crippen molar-refractivity contribution in [2.24, 2.45) is 0 Å². The van der Waals surface area contributed by atoms with Crippen molar-refractivity contribution in [2.45, 2.75) is 0 Å². The largest absolute Gasteiger partial charge is 0.367 e. The molecule has 0 radical (unpaired) electrons. The third kappa shape index (κ3) is 1.93. The lowest BCUT2D eigenvalue weighted by Crippen LogP contribution is -1.84. The van der Waals surface area contributed by atoms with Gasteiger partial charge in [-0.1, -0.05) is 34.4 Å². The maximum Gasteiger partial charge on any atom is 0.231 e. The number of rotatable bonds is 2. The maximum atomic E-state index is 6.14. The number of halogens is 2. The highest BCUT2D eigenvalue weighted by atomic mass is 35.5. The summed E-state index contributed by atoms with van der Waals surface area (Å²) in [5, 5.41) is 5.95. The van der Waals surface area contributed by atoms with E-state index >= 15 is 0 Å². The number of thiophene rings is 2. The predicted molar refractivity (Wildman–Crippen MR) is 77.6 cm³/mol. The lowest BCUT2D eigenvalue weighted by molar-refractivity contribution is 0.439. The van der Waals surface area contributed by atoms with Crippen LogP contribution in [0, 0.1) is 0 Å². The Kier molecular flexibility index (Phi) is 3.07. The van der Waals surface area contributed by atoms with Gasteiger partial charge in [0.15, 0.2) is 0 Å². The molecule has 2 N–H and O–H groups in total. The molecule has 0 spiro atoms. The van der Waals surface area contributed by atoms with Gasteiger partial charge in [-0.25, -0.2) is 0 Å². The van der Waals surface area contributed by atoms with Crippen molar-refractivity contribution in [1.82, 2.24) is 5.16 Å². The van der Waals surface area contributed by atoms with E-state index < -0.39 is 0 Å². The van der Waals surface area contributed by atoms with Gasteiger partial charge in [-0.05, 0) is 17.5 Å². The van der Waals surface area contributed by atoms with Gasteiger partial charge in [-0.3, -0.25) is 0 Å². The quantitative estimate of drug-likeness (QED) is 0.722. The molecule has 3 aromatic rings. The highest BCUT2D eigenvalue weighted by Crippen LogP contribution is 2.44. The Hall–Kier alpha value is -1.01. The zero-order chi connectivity index (χ0) is 12.7. The molecular weight excluding hydrogens is 311 g/mol. The highest BCUT2D eigenvalue weighted by molar-refractivity contribution is 7.20. The summed E-state index contributed by atoms with van der Waals surface area (Å²) in [5.74, 6) is 0.283. The fourth-order valence-electron chi connectivity index (χ4n) is 1.65. The van der Waals surface area contributed by atoms with Gasteiger partial charge < -0.3 is 10.3 Å². The summed E-state index contributed by atoms with van der Waals surface area (Å²) in [6.45, 7) is 0. The predicted octanol–water partition coefficient (Wildman–Crippen LogP) is 5.02. The van der Waals surface area contributed by atoms with Crippen LogP contribution in [-0.2, 0) is 0 Å². The topological polar surface area (TPSA) is 52.0 Å². The molecule has 18 heavy (non-hydrogen) atoms. The first-order valence-corrected chi connectivity index (χ1v) is 7.36. The van der Waals surface area contributed by atoms with Gasteiger partial charge in [0, 0.05) is 10.4 Å². The molecule has 3 aromatic heterocycles. The molecule has 0 fully saturated rings. The summed E-state index contributed by atoms with van der Waals surface area (Å²) < 4.78 is 6.26. The first kappa shape index (κ1) is 12.0. The van der Waals surface area contributed by atoms with Gasteiger partial charge in [0.05, 0.1) is 9.90 Å². The summed E-state index contributed by atoms with van der Waals surface area (Å²) in [5.41, 5.74) is 7.97. The number of nitrogens with zero attached hydrogens (tertiary/aromatic N) is 1. The van der Waals surface area contributed by atoms with Crippen molar-refractivity contribution >= 4 is 51.8 Å². The zero-order valence-electron chi connectivity index (χ0n) is 8.81. The summed E-state index contributed by atoms with van der Waals surface area (Å²) in [6, 6.07) is 5.67.